The van der Waals surface area contributed by atoms with E-state index in [-0.39, 0.29) is 0 Å². The second-order valence-electron chi connectivity index (χ2n) is 5.49. The van der Waals surface area contributed by atoms with Crippen molar-refractivity contribution in [2.24, 2.45) is 0 Å². The summed E-state index contributed by atoms with van der Waals surface area (Å²) in [6, 6.07) is 11.2. The molecule has 1 aromatic heterocycles. The number of rotatable bonds is 5. The molecule has 2 unspecified atom stereocenters. The average Bonchev–Trinajstić information content (AvgIpc) is 2.68. The van der Waals surface area contributed by atoms with Crippen LogP contribution in [0.4, 0.5) is 0 Å². The van der Waals surface area contributed by atoms with Gasteiger partial charge in [-0.1, -0.05) is 23.7 Å². The Morgan fingerprint density at radius 2 is 1.95 bits per heavy atom. The van der Waals surface area contributed by atoms with E-state index in [0.717, 1.165) is 11.4 Å². The predicted molar refractivity (Wildman–Crippen MR) is 90.0 cm³/mol. The molecule has 0 bridgehead atoms. The molecule has 0 radical (unpaired) electrons. The Morgan fingerprint density at radius 1 is 1.20 bits per heavy atom. The molecule has 3 heteroatoms. The minimum absolute atomic E-state index is 0.383. The number of nitrogens with one attached hydrogen (secondary N) is 1. The van der Waals surface area contributed by atoms with Gasteiger partial charge in [-0.05, 0) is 63.4 Å². The lowest BCUT2D eigenvalue weighted by Gasteiger charge is -2.20. The van der Waals surface area contributed by atoms with Crippen LogP contribution in [0.1, 0.15) is 40.8 Å². The third kappa shape index (κ3) is 4.08. The van der Waals surface area contributed by atoms with Crippen molar-refractivity contribution in [3.8, 4) is 0 Å². The molecule has 1 heterocycles. The van der Waals surface area contributed by atoms with Crippen molar-refractivity contribution >= 4 is 22.9 Å². The maximum Gasteiger partial charge on any atom is 0.0408 e. The fourth-order valence-electron chi connectivity index (χ4n) is 2.67. The topological polar surface area (TPSA) is 12.0 Å². The summed E-state index contributed by atoms with van der Waals surface area (Å²) < 4.78 is 0. The van der Waals surface area contributed by atoms with Crippen LogP contribution in [0.25, 0.3) is 0 Å². The summed E-state index contributed by atoms with van der Waals surface area (Å²) in [6.07, 6.45) is 0.993. The van der Waals surface area contributed by atoms with Gasteiger partial charge in [0.25, 0.3) is 0 Å². The molecule has 2 rings (SSSR count). The quantitative estimate of drug-likeness (QED) is 0.790. The molecule has 20 heavy (non-hydrogen) atoms. The molecular weight excluding hydrogens is 286 g/mol. The highest BCUT2D eigenvalue weighted by atomic mass is 35.5. The molecule has 0 saturated heterocycles. The Bertz CT molecular complexity index is 576. The summed E-state index contributed by atoms with van der Waals surface area (Å²) in [7, 11) is 0. The zero-order valence-electron chi connectivity index (χ0n) is 12.5. The van der Waals surface area contributed by atoms with E-state index in [9.17, 15) is 0 Å². The van der Waals surface area contributed by atoms with Crippen LogP contribution in [0.15, 0.2) is 30.3 Å². The number of aryl methyl sites for hydroxylation is 2. The van der Waals surface area contributed by atoms with Gasteiger partial charge in [-0.2, -0.15) is 0 Å². The molecule has 0 fully saturated rings. The summed E-state index contributed by atoms with van der Waals surface area (Å²) in [4.78, 5) is 2.80. The first-order valence-electron chi connectivity index (χ1n) is 7.03. The van der Waals surface area contributed by atoms with E-state index in [1.807, 2.05) is 29.5 Å². The van der Waals surface area contributed by atoms with Crippen LogP contribution in [0.2, 0.25) is 5.02 Å². The molecule has 1 N–H and O–H groups in total. The maximum atomic E-state index is 6.03. The van der Waals surface area contributed by atoms with Crippen molar-refractivity contribution < 1.29 is 0 Å². The highest BCUT2D eigenvalue weighted by molar-refractivity contribution is 7.12. The molecular formula is C17H22ClNS. The van der Waals surface area contributed by atoms with Gasteiger partial charge in [0.2, 0.25) is 0 Å². The largest absolute Gasteiger partial charge is 0.307 e. The molecule has 0 aliphatic heterocycles. The van der Waals surface area contributed by atoms with Gasteiger partial charge < -0.3 is 5.32 Å². The van der Waals surface area contributed by atoms with Gasteiger partial charge in [0.1, 0.15) is 0 Å². The molecule has 0 saturated carbocycles. The maximum absolute atomic E-state index is 6.03. The van der Waals surface area contributed by atoms with Crippen molar-refractivity contribution in [2.45, 2.75) is 46.2 Å². The SMILES string of the molecule is Cc1cc(C(C)NC(C)Cc2cccc(Cl)c2)c(C)s1. The van der Waals surface area contributed by atoms with E-state index in [1.165, 1.54) is 20.9 Å². The minimum Gasteiger partial charge on any atom is -0.307 e. The Morgan fingerprint density at radius 3 is 2.55 bits per heavy atom. The van der Waals surface area contributed by atoms with Crippen molar-refractivity contribution in [3.05, 3.63) is 56.2 Å². The highest BCUT2D eigenvalue weighted by Gasteiger charge is 2.14. The molecule has 2 aromatic rings. The smallest absolute Gasteiger partial charge is 0.0408 e. The molecule has 0 aliphatic rings. The van der Waals surface area contributed by atoms with Crippen LogP contribution >= 0.6 is 22.9 Å². The van der Waals surface area contributed by atoms with Crippen molar-refractivity contribution in [2.75, 3.05) is 0 Å². The van der Waals surface area contributed by atoms with Gasteiger partial charge in [-0.15, -0.1) is 11.3 Å². The third-order valence-electron chi connectivity index (χ3n) is 3.51. The fourth-order valence-corrected chi connectivity index (χ4v) is 3.91. The van der Waals surface area contributed by atoms with Gasteiger partial charge in [0, 0.05) is 26.9 Å². The molecule has 0 spiro atoms. The normalized spacial score (nSPS) is 14.2. The van der Waals surface area contributed by atoms with Crippen LogP contribution < -0.4 is 5.32 Å². The lowest BCUT2D eigenvalue weighted by molar-refractivity contribution is 0.477. The van der Waals surface area contributed by atoms with Crippen molar-refractivity contribution in [1.82, 2.24) is 5.32 Å². The summed E-state index contributed by atoms with van der Waals surface area (Å²) in [5, 5.41) is 4.49. The van der Waals surface area contributed by atoms with E-state index in [0.29, 0.717) is 12.1 Å². The van der Waals surface area contributed by atoms with E-state index in [2.05, 4.69) is 45.1 Å². The lowest BCUT2D eigenvalue weighted by atomic mass is 10.0. The molecule has 108 valence electrons. The monoisotopic (exact) mass is 307 g/mol. The number of hydrogen-bond donors (Lipinski definition) is 1. The summed E-state index contributed by atoms with van der Waals surface area (Å²) >= 11 is 7.91. The van der Waals surface area contributed by atoms with Crippen LogP contribution in [0, 0.1) is 13.8 Å². The Hall–Kier alpha value is -0.830. The van der Waals surface area contributed by atoms with Gasteiger partial charge >= 0.3 is 0 Å². The van der Waals surface area contributed by atoms with Gasteiger partial charge in [0.15, 0.2) is 0 Å². The molecule has 1 nitrogen and oxygen atoms in total. The van der Waals surface area contributed by atoms with E-state index in [4.69, 9.17) is 11.6 Å². The first-order valence-corrected chi connectivity index (χ1v) is 8.22. The zero-order chi connectivity index (χ0) is 14.7. The highest BCUT2D eigenvalue weighted by Crippen LogP contribution is 2.26. The minimum atomic E-state index is 0.383. The second-order valence-corrected chi connectivity index (χ2v) is 7.39. The number of hydrogen-bond acceptors (Lipinski definition) is 2. The van der Waals surface area contributed by atoms with Crippen LogP contribution in [-0.2, 0) is 6.42 Å². The van der Waals surface area contributed by atoms with Crippen LogP contribution in [0.5, 0.6) is 0 Å². The summed E-state index contributed by atoms with van der Waals surface area (Å²) in [5.41, 5.74) is 2.70. The first kappa shape index (κ1) is 15.6. The van der Waals surface area contributed by atoms with Gasteiger partial charge in [-0.25, -0.2) is 0 Å². The van der Waals surface area contributed by atoms with E-state index in [1.54, 1.807) is 0 Å². The van der Waals surface area contributed by atoms with E-state index < -0.39 is 0 Å². The van der Waals surface area contributed by atoms with Crippen molar-refractivity contribution in [1.29, 1.82) is 0 Å². The summed E-state index contributed by atoms with van der Waals surface area (Å²) in [5.74, 6) is 0. The number of benzene rings is 1. The number of thiophene rings is 1. The molecule has 2 atom stereocenters. The molecule has 0 amide bonds. The Labute approximate surface area is 131 Å². The standard InChI is InChI=1S/C17H22ClNS/c1-11(8-15-6-5-7-16(18)10-15)19-13(3)17-9-12(2)20-14(17)4/h5-7,9-11,13,19H,8H2,1-4H3. The third-order valence-corrected chi connectivity index (χ3v) is 4.73. The lowest BCUT2D eigenvalue weighted by Crippen LogP contribution is -2.30. The first-order chi connectivity index (χ1) is 9.45. The van der Waals surface area contributed by atoms with E-state index >= 15 is 0 Å². The van der Waals surface area contributed by atoms with Crippen LogP contribution in [0.3, 0.4) is 0 Å². The Balaban J connectivity index is 1.97. The predicted octanol–water partition coefficient (Wildman–Crippen LogP) is 5.30. The second kappa shape index (κ2) is 6.75. The zero-order valence-corrected chi connectivity index (χ0v) is 14.1. The summed E-state index contributed by atoms with van der Waals surface area (Å²) in [6.45, 7) is 8.84. The Kier molecular flexibility index (Phi) is 5.25. The molecule has 1 aromatic carbocycles. The number of halogens is 1. The van der Waals surface area contributed by atoms with Gasteiger partial charge in [-0.3, -0.25) is 0 Å². The van der Waals surface area contributed by atoms with Crippen LogP contribution in [-0.4, -0.2) is 6.04 Å². The van der Waals surface area contributed by atoms with Crippen molar-refractivity contribution in [3.63, 3.8) is 0 Å². The van der Waals surface area contributed by atoms with Gasteiger partial charge in [0.05, 0.1) is 0 Å². The molecule has 0 aliphatic carbocycles. The average molecular weight is 308 g/mol. The fraction of sp³-hybridized carbons (Fsp3) is 0.412.